The Labute approximate surface area is 128 Å². The van der Waals surface area contributed by atoms with Gasteiger partial charge in [-0.05, 0) is 11.6 Å². The Hall–Kier alpha value is -2.56. The van der Waals surface area contributed by atoms with E-state index in [1.807, 2.05) is 35.2 Å². The molecule has 1 aliphatic rings. The van der Waals surface area contributed by atoms with Crippen molar-refractivity contribution in [3.8, 4) is 0 Å². The number of carbonyl (C=O) groups excluding carboxylic acids is 2. The zero-order valence-electron chi connectivity index (χ0n) is 12.1. The molecular formula is C17H17NO4. The van der Waals surface area contributed by atoms with E-state index >= 15 is 0 Å². The van der Waals surface area contributed by atoms with Crippen LogP contribution in [0.1, 0.15) is 22.3 Å². The first-order valence-corrected chi connectivity index (χ1v) is 7.23. The number of hydrogen-bond acceptors (Lipinski definition) is 4. The summed E-state index contributed by atoms with van der Waals surface area (Å²) in [4.78, 5) is 25.6. The number of likely N-dealkylation sites (tertiary alicyclic amines) is 1. The van der Waals surface area contributed by atoms with Crippen LogP contribution in [0.3, 0.4) is 0 Å². The molecule has 2 heterocycles. The van der Waals surface area contributed by atoms with Crippen LogP contribution in [0, 0.1) is 5.92 Å². The number of hydrogen-bond donors (Lipinski definition) is 0. The van der Waals surface area contributed by atoms with Crippen LogP contribution in [-0.4, -0.2) is 29.9 Å². The Balaban J connectivity index is 1.50. The first-order valence-electron chi connectivity index (χ1n) is 7.23. The third-order valence-electron chi connectivity index (χ3n) is 3.72. The SMILES string of the molecule is O=C(OC[C@@H]1CC(=O)N(Cc2ccccc2)C1)c1ccoc1. The highest BCUT2D eigenvalue weighted by Gasteiger charge is 2.30. The molecule has 1 aromatic heterocycles. The molecule has 22 heavy (non-hydrogen) atoms. The zero-order chi connectivity index (χ0) is 15.4. The van der Waals surface area contributed by atoms with Gasteiger partial charge in [-0.25, -0.2) is 4.79 Å². The van der Waals surface area contributed by atoms with Gasteiger partial charge in [0, 0.05) is 25.4 Å². The molecule has 0 saturated carbocycles. The van der Waals surface area contributed by atoms with Crippen molar-refractivity contribution < 1.29 is 18.7 Å². The fourth-order valence-electron chi connectivity index (χ4n) is 2.58. The monoisotopic (exact) mass is 299 g/mol. The molecule has 1 saturated heterocycles. The molecule has 1 fully saturated rings. The maximum Gasteiger partial charge on any atom is 0.341 e. The van der Waals surface area contributed by atoms with Gasteiger partial charge in [0.05, 0.1) is 18.4 Å². The Kier molecular flexibility index (Phi) is 4.23. The molecule has 3 rings (SSSR count). The van der Waals surface area contributed by atoms with Gasteiger partial charge in [-0.15, -0.1) is 0 Å². The van der Waals surface area contributed by atoms with Crippen molar-refractivity contribution in [2.24, 2.45) is 5.92 Å². The number of benzene rings is 1. The smallest absolute Gasteiger partial charge is 0.341 e. The van der Waals surface area contributed by atoms with Crippen LogP contribution in [0.5, 0.6) is 0 Å². The van der Waals surface area contributed by atoms with Gasteiger partial charge in [-0.1, -0.05) is 30.3 Å². The lowest BCUT2D eigenvalue weighted by atomic mass is 10.1. The summed E-state index contributed by atoms with van der Waals surface area (Å²) in [5.41, 5.74) is 1.50. The van der Waals surface area contributed by atoms with E-state index in [1.54, 1.807) is 6.07 Å². The van der Waals surface area contributed by atoms with Gasteiger partial charge in [0.15, 0.2) is 0 Å². The molecule has 0 unspecified atom stereocenters. The lowest BCUT2D eigenvalue weighted by molar-refractivity contribution is -0.128. The summed E-state index contributed by atoms with van der Waals surface area (Å²) >= 11 is 0. The Morgan fingerprint density at radius 2 is 2.09 bits per heavy atom. The average Bonchev–Trinajstić information content (AvgIpc) is 3.17. The highest BCUT2D eigenvalue weighted by Crippen LogP contribution is 2.21. The minimum atomic E-state index is -0.414. The van der Waals surface area contributed by atoms with E-state index in [0.29, 0.717) is 25.1 Å². The van der Waals surface area contributed by atoms with Gasteiger partial charge in [0.1, 0.15) is 6.26 Å². The Bertz CT molecular complexity index is 636. The van der Waals surface area contributed by atoms with Gasteiger partial charge in [0.2, 0.25) is 5.91 Å². The normalized spacial score (nSPS) is 17.7. The number of furan rings is 1. The fraction of sp³-hybridized carbons (Fsp3) is 0.294. The minimum Gasteiger partial charge on any atom is -0.472 e. The molecule has 0 radical (unpaired) electrons. The maximum absolute atomic E-state index is 12.0. The number of rotatable bonds is 5. The summed E-state index contributed by atoms with van der Waals surface area (Å²) < 4.78 is 10.1. The molecule has 1 aromatic carbocycles. The van der Waals surface area contributed by atoms with E-state index in [4.69, 9.17) is 9.15 Å². The average molecular weight is 299 g/mol. The van der Waals surface area contributed by atoms with E-state index in [0.717, 1.165) is 5.56 Å². The predicted molar refractivity (Wildman–Crippen MR) is 79.0 cm³/mol. The first-order chi connectivity index (χ1) is 10.7. The molecule has 1 atom stereocenters. The summed E-state index contributed by atoms with van der Waals surface area (Å²) in [5.74, 6) is -0.261. The number of esters is 1. The lowest BCUT2D eigenvalue weighted by Crippen LogP contribution is -2.25. The van der Waals surface area contributed by atoms with Crippen molar-refractivity contribution in [3.63, 3.8) is 0 Å². The van der Waals surface area contributed by atoms with E-state index < -0.39 is 5.97 Å². The summed E-state index contributed by atoms with van der Waals surface area (Å²) in [5, 5.41) is 0. The van der Waals surface area contributed by atoms with Gasteiger partial charge in [0.25, 0.3) is 0 Å². The van der Waals surface area contributed by atoms with Crippen LogP contribution < -0.4 is 0 Å². The predicted octanol–water partition coefficient (Wildman–Crippen LogP) is 2.49. The van der Waals surface area contributed by atoms with Crippen molar-refractivity contribution in [2.75, 3.05) is 13.2 Å². The molecule has 5 heteroatoms. The summed E-state index contributed by atoms with van der Waals surface area (Å²) in [7, 11) is 0. The largest absolute Gasteiger partial charge is 0.472 e. The second kappa shape index (κ2) is 6.47. The second-order valence-electron chi connectivity index (χ2n) is 5.44. The van der Waals surface area contributed by atoms with Crippen LogP contribution in [0.2, 0.25) is 0 Å². The molecule has 0 bridgehead atoms. The summed E-state index contributed by atoms with van der Waals surface area (Å²) in [6, 6.07) is 11.4. The molecule has 5 nitrogen and oxygen atoms in total. The van der Waals surface area contributed by atoms with Crippen molar-refractivity contribution in [1.82, 2.24) is 4.90 Å². The van der Waals surface area contributed by atoms with Gasteiger partial charge in [-0.3, -0.25) is 4.79 Å². The van der Waals surface area contributed by atoms with Crippen molar-refractivity contribution in [1.29, 1.82) is 0 Å². The lowest BCUT2D eigenvalue weighted by Gasteiger charge is -2.16. The topological polar surface area (TPSA) is 59.8 Å². The van der Waals surface area contributed by atoms with Crippen LogP contribution >= 0.6 is 0 Å². The molecule has 0 aliphatic carbocycles. The van der Waals surface area contributed by atoms with Crippen LogP contribution in [0.4, 0.5) is 0 Å². The van der Waals surface area contributed by atoms with Gasteiger partial charge >= 0.3 is 5.97 Å². The number of ether oxygens (including phenoxy) is 1. The van der Waals surface area contributed by atoms with Crippen LogP contribution in [0.15, 0.2) is 53.3 Å². The molecular weight excluding hydrogens is 282 g/mol. The molecule has 0 N–H and O–H groups in total. The number of amides is 1. The Morgan fingerprint density at radius 3 is 2.82 bits per heavy atom. The van der Waals surface area contributed by atoms with Crippen molar-refractivity contribution >= 4 is 11.9 Å². The third-order valence-corrected chi connectivity index (χ3v) is 3.72. The molecule has 2 aromatic rings. The third kappa shape index (κ3) is 3.36. The quantitative estimate of drug-likeness (QED) is 0.796. The van der Waals surface area contributed by atoms with Crippen LogP contribution in [0.25, 0.3) is 0 Å². The molecule has 1 amide bonds. The van der Waals surface area contributed by atoms with Gasteiger partial charge < -0.3 is 14.1 Å². The maximum atomic E-state index is 12.0. The highest BCUT2D eigenvalue weighted by molar-refractivity contribution is 5.88. The summed E-state index contributed by atoms with van der Waals surface area (Å²) in [6.45, 7) is 1.47. The number of carbonyl (C=O) groups is 2. The zero-order valence-corrected chi connectivity index (χ0v) is 12.1. The summed E-state index contributed by atoms with van der Waals surface area (Å²) in [6.07, 6.45) is 3.20. The van der Waals surface area contributed by atoms with Crippen LogP contribution in [-0.2, 0) is 16.1 Å². The molecule has 114 valence electrons. The van der Waals surface area contributed by atoms with E-state index in [2.05, 4.69) is 0 Å². The van der Waals surface area contributed by atoms with E-state index in [-0.39, 0.29) is 18.4 Å². The number of nitrogens with zero attached hydrogens (tertiary/aromatic N) is 1. The molecule has 1 aliphatic heterocycles. The Morgan fingerprint density at radius 1 is 1.27 bits per heavy atom. The van der Waals surface area contributed by atoms with Crippen molar-refractivity contribution in [2.45, 2.75) is 13.0 Å². The van der Waals surface area contributed by atoms with Crippen molar-refractivity contribution in [3.05, 3.63) is 60.1 Å². The first kappa shape index (κ1) is 14.4. The van der Waals surface area contributed by atoms with Gasteiger partial charge in [-0.2, -0.15) is 0 Å². The van der Waals surface area contributed by atoms with E-state index in [9.17, 15) is 9.59 Å². The standard InChI is InChI=1S/C17H17NO4/c19-16-8-14(11-22-17(20)15-6-7-21-12-15)10-18(16)9-13-4-2-1-3-5-13/h1-7,12,14H,8-11H2/t14-/m1/s1. The second-order valence-corrected chi connectivity index (χ2v) is 5.44. The minimum absolute atomic E-state index is 0.0482. The highest BCUT2D eigenvalue weighted by atomic mass is 16.5. The fourth-order valence-corrected chi connectivity index (χ4v) is 2.58. The van der Waals surface area contributed by atoms with E-state index in [1.165, 1.54) is 12.5 Å². The molecule has 0 spiro atoms.